The third-order valence-corrected chi connectivity index (χ3v) is 2.93. The second kappa shape index (κ2) is 7.13. The van der Waals surface area contributed by atoms with Gasteiger partial charge in [-0.2, -0.15) is 18.4 Å². The second-order valence-corrected chi connectivity index (χ2v) is 4.74. The number of anilines is 1. The smallest absolute Gasteiger partial charge is 0.367 e. The number of alkyl halides is 3. The number of unbranched alkanes of at least 4 members (excludes halogenated alkanes) is 2. The van der Waals surface area contributed by atoms with Crippen molar-refractivity contribution in [3.05, 3.63) is 23.4 Å². The zero-order valence-electron chi connectivity index (χ0n) is 11.6. The molecule has 110 valence electrons. The van der Waals surface area contributed by atoms with Gasteiger partial charge in [0.25, 0.3) is 0 Å². The molecular weight excluding hydrogens is 267 g/mol. The van der Waals surface area contributed by atoms with Crippen LogP contribution in [0.1, 0.15) is 50.8 Å². The minimum atomic E-state index is -4.50. The van der Waals surface area contributed by atoms with Crippen LogP contribution in [0, 0.1) is 11.3 Å². The molecule has 0 radical (unpaired) electrons. The SMILES string of the molecule is CCCCCC(C)Nc1nc(C(F)(F)F)ccc1C#N. The molecule has 0 aliphatic heterocycles. The number of hydrogen-bond acceptors (Lipinski definition) is 3. The van der Waals surface area contributed by atoms with E-state index >= 15 is 0 Å². The Labute approximate surface area is 116 Å². The molecule has 0 aliphatic rings. The number of nitrogens with zero attached hydrogens (tertiary/aromatic N) is 2. The van der Waals surface area contributed by atoms with E-state index in [0.717, 1.165) is 37.8 Å². The first-order valence-corrected chi connectivity index (χ1v) is 6.63. The molecule has 1 atom stereocenters. The van der Waals surface area contributed by atoms with Gasteiger partial charge in [0, 0.05) is 6.04 Å². The summed E-state index contributed by atoms with van der Waals surface area (Å²) in [5.41, 5.74) is -0.861. The largest absolute Gasteiger partial charge is 0.433 e. The van der Waals surface area contributed by atoms with Gasteiger partial charge in [-0.15, -0.1) is 0 Å². The average molecular weight is 285 g/mol. The molecular formula is C14H18F3N3. The molecule has 0 bridgehead atoms. The first-order chi connectivity index (χ1) is 9.38. The summed E-state index contributed by atoms with van der Waals surface area (Å²) in [6, 6.07) is 3.81. The summed E-state index contributed by atoms with van der Waals surface area (Å²) in [4.78, 5) is 3.52. The van der Waals surface area contributed by atoms with Crippen LogP contribution < -0.4 is 5.32 Å². The standard InChI is InChI=1S/C14H18F3N3/c1-3-4-5-6-10(2)19-13-11(9-18)7-8-12(20-13)14(15,16)17/h7-8,10H,3-6H2,1-2H3,(H,19,20). The lowest BCUT2D eigenvalue weighted by Crippen LogP contribution is -2.18. The molecule has 20 heavy (non-hydrogen) atoms. The second-order valence-electron chi connectivity index (χ2n) is 4.74. The maximum atomic E-state index is 12.6. The highest BCUT2D eigenvalue weighted by atomic mass is 19.4. The predicted molar refractivity (Wildman–Crippen MR) is 71.2 cm³/mol. The van der Waals surface area contributed by atoms with Crippen molar-refractivity contribution < 1.29 is 13.2 Å². The third kappa shape index (κ3) is 4.72. The first-order valence-electron chi connectivity index (χ1n) is 6.63. The molecule has 0 spiro atoms. The summed E-state index contributed by atoms with van der Waals surface area (Å²) in [6.45, 7) is 3.96. The van der Waals surface area contributed by atoms with Crippen molar-refractivity contribution in [1.82, 2.24) is 4.98 Å². The van der Waals surface area contributed by atoms with Gasteiger partial charge in [-0.25, -0.2) is 4.98 Å². The number of nitriles is 1. The fourth-order valence-electron chi connectivity index (χ4n) is 1.82. The first kappa shape index (κ1) is 16.3. The minimum Gasteiger partial charge on any atom is -0.367 e. The van der Waals surface area contributed by atoms with E-state index in [2.05, 4.69) is 17.2 Å². The highest BCUT2D eigenvalue weighted by Crippen LogP contribution is 2.29. The van der Waals surface area contributed by atoms with Crippen LogP contribution in [0.4, 0.5) is 19.0 Å². The van der Waals surface area contributed by atoms with Gasteiger partial charge in [-0.3, -0.25) is 0 Å². The Morgan fingerprint density at radius 3 is 2.60 bits per heavy atom. The van der Waals surface area contributed by atoms with Gasteiger partial charge >= 0.3 is 6.18 Å². The Balaban J connectivity index is 2.84. The number of halogens is 3. The molecule has 1 N–H and O–H groups in total. The molecule has 0 amide bonds. The highest BCUT2D eigenvalue weighted by Gasteiger charge is 2.33. The van der Waals surface area contributed by atoms with Crippen LogP contribution in [0.15, 0.2) is 12.1 Å². The van der Waals surface area contributed by atoms with E-state index in [9.17, 15) is 13.2 Å². The van der Waals surface area contributed by atoms with Gasteiger partial charge in [0.05, 0.1) is 5.56 Å². The molecule has 3 nitrogen and oxygen atoms in total. The van der Waals surface area contributed by atoms with E-state index in [4.69, 9.17) is 5.26 Å². The Hall–Kier alpha value is -1.77. The molecule has 1 heterocycles. The monoisotopic (exact) mass is 285 g/mol. The van der Waals surface area contributed by atoms with Crippen LogP contribution in [0.25, 0.3) is 0 Å². The lowest BCUT2D eigenvalue weighted by molar-refractivity contribution is -0.141. The van der Waals surface area contributed by atoms with Crippen molar-refractivity contribution in [2.45, 2.75) is 51.7 Å². The van der Waals surface area contributed by atoms with Crippen molar-refractivity contribution in [1.29, 1.82) is 5.26 Å². The molecule has 0 saturated heterocycles. The van der Waals surface area contributed by atoms with Crippen molar-refractivity contribution >= 4 is 5.82 Å². The number of aromatic nitrogens is 1. The van der Waals surface area contributed by atoms with E-state index in [1.54, 1.807) is 0 Å². The maximum absolute atomic E-state index is 12.6. The van der Waals surface area contributed by atoms with Crippen LogP contribution in [0.3, 0.4) is 0 Å². The topological polar surface area (TPSA) is 48.7 Å². The van der Waals surface area contributed by atoms with E-state index in [1.807, 2.05) is 13.0 Å². The van der Waals surface area contributed by atoms with Gasteiger partial charge in [-0.1, -0.05) is 26.2 Å². The zero-order chi connectivity index (χ0) is 15.2. The molecule has 0 aliphatic carbocycles. The molecule has 6 heteroatoms. The van der Waals surface area contributed by atoms with Crippen molar-refractivity contribution in [3.63, 3.8) is 0 Å². The van der Waals surface area contributed by atoms with Crippen LogP contribution in [0.2, 0.25) is 0 Å². The molecule has 1 aromatic rings. The molecule has 0 aromatic carbocycles. The summed E-state index contributed by atoms with van der Waals surface area (Å²) >= 11 is 0. The van der Waals surface area contributed by atoms with Crippen molar-refractivity contribution in [2.75, 3.05) is 5.32 Å². The zero-order valence-corrected chi connectivity index (χ0v) is 11.6. The minimum absolute atomic E-state index is 0.00586. The Kier molecular flexibility index (Phi) is 5.81. The summed E-state index contributed by atoms with van der Waals surface area (Å²) in [5.74, 6) is 0.00586. The average Bonchev–Trinajstić information content (AvgIpc) is 2.38. The molecule has 1 aromatic heterocycles. The number of nitrogens with one attached hydrogen (secondary N) is 1. The van der Waals surface area contributed by atoms with E-state index < -0.39 is 11.9 Å². The molecule has 0 saturated carbocycles. The Morgan fingerprint density at radius 1 is 1.35 bits per heavy atom. The molecule has 0 fully saturated rings. The van der Waals surface area contributed by atoms with Gasteiger partial charge in [0.2, 0.25) is 0 Å². The molecule has 1 rings (SSSR count). The number of rotatable bonds is 6. The van der Waals surface area contributed by atoms with Gasteiger partial charge in [-0.05, 0) is 25.5 Å². The van der Waals surface area contributed by atoms with E-state index in [1.165, 1.54) is 0 Å². The molecule has 1 unspecified atom stereocenters. The fourth-order valence-corrected chi connectivity index (χ4v) is 1.82. The summed E-state index contributed by atoms with van der Waals surface area (Å²) < 4.78 is 37.8. The quantitative estimate of drug-likeness (QED) is 0.790. The number of pyridine rings is 1. The normalized spacial score (nSPS) is 12.8. The summed E-state index contributed by atoms with van der Waals surface area (Å²) in [7, 11) is 0. The van der Waals surface area contributed by atoms with Crippen LogP contribution in [0.5, 0.6) is 0 Å². The summed E-state index contributed by atoms with van der Waals surface area (Å²) in [5, 5.41) is 11.8. The third-order valence-electron chi connectivity index (χ3n) is 2.93. The van der Waals surface area contributed by atoms with Crippen molar-refractivity contribution in [2.24, 2.45) is 0 Å². The van der Waals surface area contributed by atoms with E-state index in [0.29, 0.717) is 0 Å². The Morgan fingerprint density at radius 2 is 2.05 bits per heavy atom. The lowest BCUT2D eigenvalue weighted by atomic mass is 10.1. The van der Waals surface area contributed by atoms with Crippen LogP contribution >= 0.6 is 0 Å². The van der Waals surface area contributed by atoms with Crippen LogP contribution in [-0.4, -0.2) is 11.0 Å². The highest BCUT2D eigenvalue weighted by molar-refractivity contribution is 5.53. The van der Waals surface area contributed by atoms with Gasteiger partial charge < -0.3 is 5.32 Å². The van der Waals surface area contributed by atoms with Gasteiger partial charge in [0.15, 0.2) is 0 Å². The summed E-state index contributed by atoms with van der Waals surface area (Å²) in [6.07, 6.45) is -0.525. The van der Waals surface area contributed by atoms with Crippen molar-refractivity contribution in [3.8, 4) is 6.07 Å². The van der Waals surface area contributed by atoms with Gasteiger partial charge in [0.1, 0.15) is 17.6 Å². The van der Waals surface area contributed by atoms with Crippen LogP contribution in [-0.2, 0) is 6.18 Å². The Bertz CT molecular complexity index is 478. The predicted octanol–water partition coefficient (Wildman–Crippen LogP) is 4.35. The lowest BCUT2D eigenvalue weighted by Gasteiger charge is -2.16. The number of hydrogen-bond donors (Lipinski definition) is 1. The van der Waals surface area contributed by atoms with E-state index in [-0.39, 0.29) is 17.4 Å². The fraction of sp³-hybridized carbons (Fsp3) is 0.571. The maximum Gasteiger partial charge on any atom is 0.433 e.